The standard InChI is InChI=1S/C15H31NO/c1-13(2)14-9-5-4-6-10-15(14)16(3)11-7-8-12-17/h13-15,17H,4-12H2,1-3H3. The van der Waals surface area contributed by atoms with Gasteiger partial charge in [0.05, 0.1) is 0 Å². The average molecular weight is 241 g/mol. The Morgan fingerprint density at radius 3 is 2.47 bits per heavy atom. The molecule has 1 aliphatic carbocycles. The molecule has 102 valence electrons. The van der Waals surface area contributed by atoms with Crippen molar-refractivity contribution in [3.63, 3.8) is 0 Å². The molecule has 1 N–H and O–H groups in total. The van der Waals surface area contributed by atoms with E-state index in [2.05, 4.69) is 25.8 Å². The maximum atomic E-state index is 8.86. The summed E-state index contributed by atoms with van der Waals surface area (Å²) in [6.45, 7) is 6.25. The molecule has 1 saturated carbocycles. The summed E-state index contributed by atoms with van der Waals surface area (Å²) in [4.78, 5) is 2.56. The third-order valence-electron chi connectivity index (χ3n) is 4.37. The summed E-state index contributed by atoms with van der Waals surface area (Å²) in [5.74, 6) is 1.68. The Kier molecular flexibility index (Phi) is 7.14. The Labute approximate surface area is 107 Å². The van der Waals surface area contributed by atoms with Gasteiger partial charge >= 0.3 is 0 Å². The number of nitrogens with zero attached hydrogens (tertiary/aromatic N) is 1. The van der Waals surface area contributed by atoms with E-state index in [9.17, 15) is 0 Å². The van der Waals surface area contributed by atoms with Gasteiger partial charge in [0.1, 0.15) is 0 Å². The van der Waals surface area contributed by atoms with Crippen LogP contribution in [0.1, 0.15) is 58.8 Å². The van der Waals surface area contributed by atoms with Gasteiger partial charge in [0.2, 0.25) is 0 Å². The second-order valence-corrected chi connectivity index (χ2v) is 6.02. The van der Waals surface area contributed by atoms with Crippen LogP contribution in [0, 0.1) is 11.8 Å². The summed E-state index contributed by atoms with van der Waals surface area (Å²) in [5.41, 5.74) is 0. The van der Waals surface area contributed by atoms with Gasteiger partial charge in [-0.15, -0.1) is 0 Å². The molecule has 0 radical (unpaired) electrons. The van der Waals surface area contributed by atoms with Crippen LogP contribution in [-0.2, 0) is 0 Å². The maximum absolute atomic E-state index is 8.86. The van der Waals surface area contributed by atoms with E-state index in [1.54, 1.807) is 0 Å². The van der Waals surface area contributed by atoms with Crippen LogP contribution in [0.15, 0.2) is 0 Å². The lowest BCUT2D eigenvalue weighted by Crippen LogP contribution is -2.40. The summed E-state index contributed by atoms with van der Waals surface area (Å²) in [7, 11) is 2.28. The molecule has 0 aromatic heterocycles. The Bertz CT molecular complexity index is 193. The van der Waals surface area contributed by atoms with Crippen LogP contribution in [-0.4, -0.2) is 36.2 Å². The van der Waals surface area contributed by atoms with E-state index in [1.807, 2.05) is 0 Å². The lowest BCUT2D eigenvalue weighted by molar-refractivity contribution is 0.129. The van der Waals surface area contributed by atoms with Crippen molar-refractivity contribution in [2.24, 2.45) is 11.8 Å². The van der Waals surface area contributed by atoms with Crippen LogP contribution >= 0.6 is 0 Å². The number of hydrogen-bond donors (Lipinski definition) is 1. The molecule has 1 aliphatic rings. The van der Waals surface area contributed by atoms with E-state index in [0.717, 1.165) is 37.3 Å². The molecular weight excluding hydrogens is 210 g/mol. The highest BCUT2D eigenvalue weighted by molar-refractivity contribution is 4.82. The SMILES string of the molecule is CC(C)C1CCCCCC1N(C)CCCCO. The van der Waals surface area contributed by atoms with Crippen molar-refractivity contribution < 1.29 is 5.11 Å². The predicted molar refractivity (Wildman–Crippen MR) is 74.2 cm³/mol. The Balaban J connectivity index is 2.49. The van der Waals surface area contributed by atoms with Crippen LogP contribution in [0.25, 0.3) is 0 Å². The zero-order valence-electron chi connectivity index (χ0n) is 12.0. The van der Waals surface area contributed by atoms with Crippen LogP contribution in [0.4, 0.5) is 0 Å². The molecule has 17 heavy (non-hydrogen) atoms. The van der Waals surface area contributed by atoms with Crippen LogP contribution in [0.5, 0.6) is 0 Å². The molecule has 0 bridgehead atoms. The van der Waals surface area contributed by atoms with E-state index in [4.69, 9.17) is 5.11 Å². The van der Waals surface area contributed by atoms with Gasteiger partial charge < -0.3 is 10.0 Å². The molecule has 0 aromatic rings. The van der Waals surface area contributed by atoms with E-state index >= 15 is 0 Å². The van der Waals surface area contributed by atoms with Crippen molar-refractivity contribution in [2.45, 2.75) is 64.8 Å². The van der Waals surface area contributed by atoms with Gasteiger partial charge in [0.25, 0.3) is 0 Å². The fraction of sp³-hybridized carbons (Fsp3) is 1.00. The fourth-order valence-corrected chi connectivity index (χ4v) is 3.28. The van der Waals surface area contributed by atoms with Gasteiger partial charge in [-0.25, -0.2) is 0 Å². The molecule has 0 spiro atoms. The number of rotatable bonds is 6. The largest absolute Gasteiger partial charge is 0.396 e. The van der Waals surface area contributed by atoms with E-state index in [-0.39, 0.29) is 0 Å². The normalized spacial score (nSPS) is 26.5. The quantitative estimate of drug-likeness (QED) is 0.570. The minimum absolute atomic E-state index is 0.339. The molecule has 1 rings (SSSR count). The van der Waals surface area contributed by atoms with Crippen LogP contribution in [0.2, 0.25) is 0 Å². The predicted octanol–water partition coefficient (Wildman–Crippen LogP) is 3.30. The van der Waals surface area contributed by atoms with Crippen LogP contribution in [0.3, 0.4) is 0 Å². The third kappa shape index (κ3) is 4.97. The van der Waals surface area contributed by atoms with Gasteiger partial charge in [-0.3, -0.25) is 0 Å². The highest BCUT2D eigenvalue weighted by atomic mass is 16.2. The maximum Gasteiger partial charge on any atom is 0.0431 e. The topological polar surface area (TPSA) is 23.5 Å². The van der Waals surface area contributed by atoms with Gasteiger partial charge in [-0.1, -0.05) is 33.1 Å². The fourth-order valence-electron chi connectivity index (χ4n) is 3.28. The highest BCUT2D eigenvalue weighted by Gasteiger charge is 2.28. The summed E-state index contributed by atoms with van der Waals surface area (Å²) in [5, 5.41) is 8.86. The first-order valence-electron chi connectivity index (χ1n) is 7.48. The van der Waals surface area contributed by atoms with Crippen molar-refractivity contribution in [1.82, 2.24) is 4.90 Å². The summed E-state index contributed by atoms with van der Waals surface area (Å²) in [6, 6.07) is 0.774. The minimum Gasteiger partial charge on any atom is -0.396 e. The smallest absolute Gasteiger partial charge is 0.0431 e. The molecule has 0 amide bonds. The van der Waals surface area contributed by atoms with E-state index in [1.165, 1.54) is 32.1 Å². The minimum atomic E-state index is 0.339. The lowest BCUT2D eigenvalue weighted by Gasteiger charge is -2.36. The Morgan fingerprint density at radius 1 is 1.12 bits per heavy atom. The molecular formula is C15H31NO. The number of aliphatic hydroxyl groups is 1. The van der Waals surface area contributed by atoms with E-state index < -0.39 is 0 Å². The second kappa shape index (κ2) is 8.10. The van der Waals surface area contributed by atoms with Crippen molar-refractivity contribution in [3.05, 3.63) is 0 Å². The first kappa shape index (κ1) is 15.0. The number of aliphatic hydroxyl groups excluding tert-OH is 1. The number of unbranched alkanes of at least 4 members (excludes halogenated alkanes) is 1. The molecule has 1 fully saturated rings. The van der Waals surface area contributed by atoms with Gasteiger partial charge in [0.15, 0.2) is 0 Å². The van der Waals surface area contributed by atoms with Crippen LogP contribution < -0.4 is 0 Å². The second-order valence-electron chi connectivity index (χ2n) is 6.02. The van der Waals surface area contributed by atoms with E-state index in [0.29, 0.717) is 6.61 Å². The zero-order chi connectivity index (χ0) is 12.7. The number of hydrogen-bond acceptors (Lipinski definition) is 2. The first-order chi connectivity index (χ1) is 8.16. The third-order valence-corrected chi connectivity index (χ3v) is 4.37. The summed E-state index contributed by atoms with van der Waals surface area (Å²) in [6.07, 6.45) is 9.11. The van der Waals surface area contributed by atoms with Gasteiger partial charge in [-0.05, 0) is 51.1 Å². The van der Waals surface area contributed by atoms with Crippen molar-refractivity contribution in [1.29, 1.82) is 0 Å². The molecule has 2 unspecified atom stereocenters. The summed E-state index contributed by atoms with van der Waals surface area (Å²) < 4.78 is 0. The van der Waals surface area contributed by atoms with Crippen molar-refractivity contribution in [2.75, 3.05) is 20.2 Å². The molecule has 0 aliphatic heterocycles. The van der Waals surface area contributed by atoms with Crippen molar-refractivity contribution >= 4 is 0 Å². The monoisotopic (exact) mass is 241 g/mol. The molecule has 0 aromatic carbocycles. The Hall–Kier alpha value is -0.0800. The lowest BCUT2D eigenvalue weighted by atomic mass is 9.84. The van der Waals surface area contributed by atoms with Crippen molar-refractivity contribution in [3.8, 4) is 0 Å². The summed E-state index contributed by atoms with van der Waals surface area (Å²) >= 11 is 0. The Morgan fingerprint density at radius 2 is 1.82 bits per heavy atom. The van der Waals surface area contributed by atoms with Gasteiger partial charge in [-0.2, -0.15) is 0 Å². The molecule has 2 heteroatoms. The average Bonchev–Trinajstić information content (AvgIpc) is 2.54. The molecule has 0 heterocycles. The molecule has 2 atom stereocenters. The highest BCUT2D eigenvalue weighted by Crippen LogP contribution is 2.32. The molecule has 2 nitrogen and oxygen atoms in total. The zero-order valence-corrected chi connectivity index (χ0v) is 12.0. The first-order valence-corrected chi connectivity index (χ1v) is 7.48. The molecule has 0 saturated heterocycles. The van der Waals surface area contributed by atoms with Gasteiger partial charge in [0, 0.05) is 12.6 Å².